The summed E-state index contributed by atoms with van der Waals surface area (Å²) in [6.07, 6.45) is 0. The summed E-state index contributed by atoms with van der Waals surface area (Å²) in [5.41, 5.74) is 2.63. The van der Waals surface area contributed by atoms with Gasteiger partial charge in [0.25, 0.3) is 0 Å². The molecule has 3 aromatic rings. The summed E-state index contributed by atoms with van der Waals surface area (Å²) >= 11 is 1.86. The van der Waals surface area contributed by atoms with Gasteiger partial charge in [-0.15, -0.1) is 0 Å². The summed E-state index contributed by atoms with van der Waals surface area (Å²) in [7, 11) is 0. The lowest BCUT2D eigenvalue weighted by Crippen LogP contribution is -1.85. The lowest BCUT2D eigenvalue weighted by molar-refractivity contribution is 1.38. The van der Waals surface area contributed by atoms with Gasteiger partial charge in [-0.2, -0.15) is 0 Å². The zero-order chi connectivity index (χ0) is 11.0. The Balaban J connectivity index is 2.49. The fourth-order valence-corrected chi connectivity index (χ4v) is 3.01. The predicted molar refractivity (Wildman–Crippen MR) is 73.0 cm³/mol. The van der Waals surface area contributed by atoms with Crippen molar-refractivity contribution >= 4 is 33.8 Å². The number of aromatic nitrogens is 1. The van der Waals surface area contributed by atoms with Crippen molar-refractivity contribution in [1.29, 1.82) is 0 Å². The first-order valence-electron chi connectivity index (χ1n) is 5.53. The molecule has 0 spiro atoms. The Morgan fingerprint density at radius 3 is 1.88 bits per heavy atom. The number of hydrogen-bond donors (Lipinski definition) is 0. The molecule has 80 valence electrons. The summed E-state index contributed by atoms with van der Waals surface area (Å²) in [6.45, 7) is 2.19. The van der Waals surface area contributed by atoms with Crippen molar-refractivity contribution in [3.8, 4) is 0 Å². The number of nitrogens with zero attached hydrogens (tertiary/aromatic N) is 1. The molecule has 1 aromatic heterocycles. The maximum atomic E-state index is 2.34. The van der Waals surface area contributed by atoms with Gasteiger partial charge in [-0.25, -0.2) is 0 Å². The molecule has 0 radical (unpaired) electrons. The molecule has 0 unspecified atom stereocenters. The zero-order valence-electron chi connectivity index (χ0n) is 9.18. The van der Waals surface area contributed by atoms with Gasteiger partial charge >= 0.3 is 0 Å². The molecule has 2 heteroatoms. The van der Waals surface area contributed by atoms with Gasteiger partial charge in [-0.05, 0) is 24.1 Å². The smallest absolute Gasteiger partial charge is 0.0604 e. The quantitative estimate of drug-likeness (QED) is 0.631. The second-order valence-electron chi connectivity index (χ2n) is 3.75. The Morgan fingerprint density at radius 2 is 1.38 bits per heavy atom. The van der Waals surface area contributed by atoms with E-state index in [1.807, 2.05) is 11.9 Å². The van der Waals surface area contributed by atoms with Gasteiger partial charge in [0.15, 0.2) is 0 Å². The average molecular weight is 227 g/mol. The fourth-order valence-electron chi connectivity index (χ4n) is 2.15. The van der Waals surface area contributed by atoms with E-state index in [1.165, 1.54) is 21.8 Å². The monoisotopic (exact) mass is 227 g/mol. The first-order valence-corrected chi connectivity index (χ1v) is 6.47. The molecule has 0 aliphatic carbocycles. The molecule has 1 nitrogen and oxygen atoms in total. The summed E-state index contributed by atoms with van der Waals surface area (Å²) in [4.78, 5) is 0. The summed E-state index contributed by atoms with van der Waals surface area (Å²) in [5, 5.41) is 2.69. The Morgan fingerprint density at radius 1 is 0.875 bits per heavy atom. The van der Waals surface area contributed by atoms with E-state index in [0.29, 0.717) is 0 Å². The fraction of sp³-hybridized carbons (Fsp3) is 0.143. The third-order valence-corrected chi connectivity index (χ3v) is 3.70. The van der Waals surface area contributed by atoms with Crippen LogP contribution in [0.5, 0.6) is 0 Å². The summed E-state index contributed by atoms with van der Waals surface area (Å²) in [5.74, 6) is 1.09. The number of rotatable bonds is 2. The van der Waals surface area contributed by atoms with E-state index in [4.69, 9.17) is 0 Å². The molecule has 0 aliphatic rings. The van der Waals surface area contributed by atoms with E-state index >= 15 is 0 Å². The van der Waals surface area contributed by atoms with Crippen molar-refractivity contribution in [2.75, 3.05) is 5.75 Å². The Hall–Kier alpha value is -1.41. The molecular weight excluding hydrogens is 214 g/mol. The third-order valence-electron chi connectivity index (χ3n) is 2.79. The zero-order valence-corrected chi connectivity index (χ0v) is 10.00. The molecule has 0 fully saturated rings. The van der Waals surface area contributed by atoms with Crippen LogP contribution < -0.4 is 0 Å². The van der Waals surface area contributed by atoms with Crippen molar-refractivity contribution in [2.24, 2.45) is 0 Å². The van der Waals surface area contributed by atoms with Crippen LogP contribution in [0.3, 0.4) is 0 Å². The van der Waals surface area contributed by atoms with Crippen molar-refractivity contribution in [3.63, 3.8) is 0 Å². The lowest BCUT2D eigenvalue weighted by atomic mass is 10.2. The SMILES string of the molecule is CCSn1c2ccccc2c2ccccc21. The standard InChI is InChI=1S/C14H13NS/c1-2-16-15-13-9-5-3-7-11(13)12-8-4-6-10-14(12)15/h3-10H,2H2,1H3. The number of para-hydroxylation sites is 2. The van der Waals surface area contributed by atoms with Crippen molar-refractivity contribution in [3.05, 3.63) is 48.5 Å². The van der Waals surface area contributed by atoms with Crippen LogP contribution >= 0.6 is 11.9 Å². The molecule has 0 saturated carbocycles. The van der Waals surface area contributed by atoms with Gasteiger partial charge < -0.3 is 0 Å². The van der Waals surface area contributed by atoms with Crippen LogP contribution in [-0.4, -0.2) is 9.73 Å². The van der Waals surface area contributed by atoms with Gasteiger partial charge in [0.2, 0.25) is 0 Å². The topological polar surface area (TPSA) is 4.93 Å². The highest BCUT2D eigenvalue weighted by Gasteiger charge is 2.08. The minimum absolute atomic E-state index is 1.09. The van der Waals surface area contributed by atoms with Gasteiger partial charge in [0.05, 0.1) is 11.0 Å². The highest BCUT2D eigenvalue weighted by molar-refractivity contribution is 7.98. The Labute approximate surface area is 99.2 Å². The van der Waals surface area contributed by atoms with E-state index in [9.17, 15) is 0 Å². The van der Waals surface area contributed by atoms with Gasteiger partial charge in [-0.1, -0.05) is 43.3 Å². The molecule has 0 aliphatic heterocycles. The van der Waals surface area contributed by atoms with Crippen LogP contribution in [0.1, 0.15) is 6.92 Å². The van der Waals surface area contributed by atoms with E-state index < -0.39 is 0 Å². The first kappa shape index (κ1) is 9.79. The van der Waals surface area contributed by atoms with Crippen LogP contribution in [0.15, 0.2) is 48.5 Å². The average Bonchev–Trinajstić information content (AvgIpc) is 2.66. The van der Waals surface area contributed by atoms with Crippen LogP contribution in [0, 0.1) is 0 Å². The van der Waals surface area contributed by atoms with Crippen molar-refractivity contribution in [1.82, 2.24) is 3.97 Å². The van der Waals surface area contributed by atoms with Crippen LogP contribution in [0.2, 0.25) is 0 Å². The second kappa shape index (κ2) is 3.87. The highest BCUT2D eigenvalue weighted by atomic mass is 32.2. The predicted octanol–water partition coefficient (Wildman–Crippen LogP) is 4.31. The molecule has 16 heavy (non-hydrogen) atoms. The van der Waals surface area contributed by atoms with E-state index in [2.05, 4.69) is 59.4 Å². The first-order chi connectivity index (χ1) is 7.92. The lowest BCUT2D eigenvalue weighted by Gasteiger charge is -2.02. The van der Waals surface area contributed by atoms with Gasteiger partial charge in [0, 0.05) is 16.5 Å². The molecule has 0 bridgehead atoms. The number of benzene rings is 2. The largest absolute Gasteiger partial charge is 0.283 e. The van der Waals surface area contributed by atoms with Gasteiger partial charge in [-0.3, -0.25) is 3.97 Å². The van der Waals surface area contributed by atoms with Crippen LogP contribution in [0.25, 0.3) is 21.8 Å². The highest BCUT2D eigenvalue weighted by Crippen LogP contribution is 2.31. The maximum Gasteiger partial charge on any atom is 0.0604 e. The minimum atomic E-state index is 1.09. The Kier molecular flexibility index (Phi) is 2.37. The summed E-state index contributed by atoms with van der Waals surface area (Å²) in [6, 6.07) is 17.2. The van der Waals surface area contributed by atoms with Crippen LogP contribution in [-0.2, 0) is 0 Å². The molecule has 3 rings (SSSR count). The maximum absolute atomic E-state index is 2.34. The van der Waals surface area contributed by atoms with E-state index in [0.717, 1.165) is 5.75 Å². The van der Waals surface area contributed by atoms with Crippen LogP contribution in [0.4, 0.5) is 0 Å². The molecular formula is C14H13NS. The van der Waals surface area contributed by atoms with E-state index in [1.54, 1.807) is 0 Å². The molecule has 0 saturated heterocycles. The van der Waals surface area contributed by atoms with Crippen molar-refractivity contribution in [2.45, 2.75) is 6.92 Å². The summed E-state index contributed by atoms with van der Waals surface area (Å²) < 4.78 is 2.34. The van der Waals surface area contributed by atoms with E-state index in [-0.39, 0.29) is 0 Å². The molecule has 0 atom stereocenters. The van der Waals surface area contributed by atoms with Crippen molar-refractivity contribution < 1.29 is 0 Å². The third kappa shape index (κ3) is 1.34. The molecule has 2 aromatic carbocycles. The Bertz CT molecular complexity index is 586. The number of fused-ring (bicyclic) bond motifs is 3. The van der Waals surface area contributed by atoms with Gasteiger partial charge in [0.1, 0.15) is 0 Å². The molecule has 0 N–H and O–H groups in total. The normalized spacial score (nSPS) is 11.3. The second-order valence-corrected chi connectivity index (χ2v) is 4.95. The molecule has 1 heterocycles. The molecule has 0 amide bonds. The number of hydrogen-bond acceptors (Lipinski definition) is 1. The minimum Gasteiger partial charge on any atom is -0.283 e.